The Morgan fingerprint density at radius 3 is 2.38 bits per heavy atom. The highest BCUT2D eigenvalue weighted by molar-refractivity contribution is 5.58. The van der Waals surface area contributed by atoms with E-state index >= 15 is 0 Å². The molecule has 0 N–H and O–H groups in total. The first kappa shape index (κ1) is 9.23. The van der Waals surface area contributed by atoms with Crippen molar-refractivity contribution in [2.75, 3.05) is 0 Å². The molecule has 0 aromatic heterocycles. The van der Waals surface area contributed by atoms with Crippen molar-refractivity contribution in [2.45, 2.75) is 46.0 Å². The van der Waals surface area contributed by atoms with Crippen LogP contribution < -0.4 is 0 Å². The zero-order valence-corrected chi connectivity index (χ0v) is 8.75. The highest BCUT2D eigenvalue weighted by Crippen LogP contribution is 2.56. The smallest absolute Gasteiger partial charge is 0.125 e. The van der Waals surface area contributed by atoms with Crippen LogP contribution in [0.1, 0.15) is 46.0 Å². The average Bonchev–Trinajstić information content (AvgIpc) is 2.74. The van der Waals surface area contributed by atoms with Crippen LogP contribution in [0.15, 0.2) is 0 Å². The summed E-state index contributed by atoms with van der Waals surface area (Å²) in [4.78, 5) is 10.9. The maximum Gasteiger partial charge on any atom is 0.125 e. The zero-order chi connectivity index (χ0) is 9.47. The molecule has 0 aromatic carbocycles. The van der Waals surface area contributed by atoms with Gasteiger partial charge in [0.2, 0.25) is 0 Å². The summed E-state index contributed by atoms with van der Waals surface area (Å²) in [6.07, 6.45) is 7.63. The van der Waals surface area contributed by atoms with Gasteiger partial charge in [-0.05, 0) is 49.9 Å². The second-order valence-electron chi connectivity index (χ2n) is 5.42. The van der Waals surface area contributed by atoms with Crippen molar-refractivity contribution >= 4 is 6.29 Å². The van der Waals surface area contributed by atoms with Gasteiger partial charge in [0.05, 0.1) is 0 Å². The maximum absolute atomic E-state index is 10.9. The lowest BCUT2D eigenvalue weighted by Crippen LogP contribution is -2.21. The van der Waals surface area contributed by atoms with Crippen LogP contribution >= 0.6 is 0 Å². The summed E-state index contributed by atoms with van der Waals surface area (Å²) in [6, 6.07) is 0. The molecule has 0 radical (unpaired) electrons. The van der Waals surface area contributed by atoms with Crippen LogP contribution in [-0.2, 0) is 4.79 Å². The summed E-state index contributed by atoms with van der Waals surface area (Å²) in [5.41, 5.74) is -0.0263. The molecule has 3 unspecified atom stereocenters. The van der Waals surface area contributed by atoms with Gasteiger partial charge in [0.15, 0.2) is 0 Å². The van der Waals surface area contributed by atoms with Crippen molar-refractivity contribution in [3.05, 3.63) is 0 Å². The van der Waals surface area contributed by atoms with E-state index in [2.05, 4.69) is 13.8 Å². The normalized spacial score (nSPS) is 40.9. The van der Waals surface area contributed by atoms with Gasteiger partial charge < -0.3 is 4.79 Å². The molecule has 0 spiro atoms. The van der Waals surface area contributed by atoms with Crippen molar-refractivity contribution in [2.24, 2.45) is 23.2 Å². The minimum atomic E-state index is -0.0263. The van der Waals surface area contributed by atoms with Crippen LogP contribution in [-0.4, -0.2) is 6.29 Å². The lowest BCUT2D eigenvalue weighted by Gasteiger charge is -2.25. The Labute approximate surface area is 80.9 Å². The van der Waals surface area contributed by atoms with E-state index in [-0.39, 0.29) is 5.41 Å². The van der Waals surface area contributed by atoms with Gasteiger partial charge in [0, 0.05) is 5.41 Å². The van der Waals surface area contributed by atoms with Crippen molar-refractivity contribution in [3.63, 3.8) is 0 Å². The van der Waals surface area contributed by atoms with E-state index in [0.717, 1.165) is 30.6 Å². The molecule has 2 aliphatic rings. The average molecular weight is 180 g/mol. The number of aldehydes is 1. The van der Waals surface area contributed by atoms with Crippen LogP contribution in [0.25, 0.3) is 0 Å². The Morgan fingerprint density at radius 2 is 1.92 bits per heavy atom. The molecule has 1 nitrogen and oxygen atoms in total. The lowest BCUT2D eigenvalue weighted by molar-refractivity contribution is -0.116. The predicted molar refractivity (Wildman–Crippen MR) is 53.4 cm³/mol. The summed E-state index contributed by atoms with van der Waals surface area (Å²) in [7, 11) is 0. The Balaban J connectivity index is 1.85. The number of hydrogen-bond donors (Lipinski definition) is 0. The summed E-state index contributed by atoms with van der Waals surface area (Å²) in [6.45, 7) is 4.24. The summed E-state index contributed by atoms with van der Waals surface area (Å²) < 4.78 is 0. The number of fused-ring (bicyclic) bond motifs is 1. The molecule has 13 heavy (non-hydrogen) atoms. The largest absolute Gasteiger partial charge is 0.303 e. The van der Waals surface area contributed by atoms with E-state index in [1.165, 1.54) is 25.5 Å². The summed E-state index contributed by atoms with van der Waals surface area (Å²) >= 11 is 0. The van der Waals surface area contributed by atoms with Crippen molar-refractivity contribution in [3.8, 4) is 0 Å². The fourth-order valence-electron chi connectivity index (χ4n) is 2.94. The highest BCUT2D eigenvalue weighted by atomic mass is 16.1. The zero-order valence-electron chi connectivity index (χ0n) is 8.75. The topological polar surface area (TPSA) is 17.1 Å². The predicted octanol–water partition coefficient (Wildman–Crippen LogP) is 3.04. The minimum Gasteiger partial charge on any atom is -0.303 e. The van der Waals surface area contributed by atoms with Crippen molar-refractivity contribution < 1.29 is 4.79 Å². The Hall–Kier alpha value is -0.330. The molecule has 2 saturated carbocycles. The third-order valence-electron chi connectivity index (χ3n) is 4.19. The van der Waals surface area contributed by atoms with E-state index < -0.39 is 0 Å². The van der Waals surface area contributed by atoms with Crippen LogP contribution in [0, 0.1) is 23.2 Å². The van der Waals surface area contributed by atoms with Gasteiger partial charge in [-0.1, -0.05) is 13.8 Å². The second-order valence-corrected chi connectivity index (χ2v) is 5.42. The highest BCUT2D eigenvalue weighted by Gasteiger charge is 2.46. The number of carbonyl (C=O) groups excluding carboxylic acids is 1. The first-order valence-electron chi connectivity index (χ1n) is 5.63. The van der Waals surface area contributed by atoms with Gasteiger partial charge in [-0.2, -0.15) is 0 Å². The Kier molecular flexibility index (Phi) is 2.21. The monoisotopic (exact) mass is 180 g/mol. The van der Waals surface area contributed by atoms with Gasteiger partial charge in [0.1, 0.15) is 6.29 Å². The first-order valence-corrected chi connectivity index (χ1v) is 5.63. The summed E-state index contributed by atoms with van der Waals surface area (Å²) in [5, 5.41) is 0. The molecule has 0 heterocycles. The molecule has 0 bridgehead atoms. The Morgan fingerprint density at radius 1 is 1.31 bits per heavy atom. The summed E-state index contributed by atoms with van der Waals surface area (Å²) in [5.74, 6) is 2.97. The fraction of sp³-hybridized carbons (Fsp3) is 0.917. The molecule has 2 rings (SSSR count). The third-order valence-corrected chi connectivity index (χ3v) is 4.19. The SMILES string of the molecule is CCC(C)(C=O)CC1CC2CC2C1. The van der Waals surface area contributed by atoms with Crippen LogP contribution in [0.4, 0.5) is 0 Å². The molecular formula is C12H20O. The quantitative estimate of drug-likeness (QED) is 0.608. The van der Waals surface area contributed by atoms with Crippen LogP contribution in [0.5, 0.6) is 0 Å². The first-order chi connectivity index (χ1) is 6.17. The second kappa shape index (κ2) is 3.11. The van der Waals surface area contributed by atoms with Gasteiger partial charge in [-0.15, -0.1) is 0 Å². The molecule has 1 heteroatoms. The third kappa shape index (κ3) is 1.79. The van der Waals surface area contributed by atoms with Gasteiger partial charge in [-0.25, -0.2) is 0 Å². The van der Waals surface area contributed by atoms with Crippen molar-refractivity contribution in [1.29, 1.82) is 0 Å². The molecule has 2 fully saturated rings. The maximum atomic E-state index is 10.9. The molecule has 0 amide bonds. The molecule has 0 saturated heterocycles. The molecule has 74 valence electrons. The lowest BCUT2D eigenvalue weighted by atomic mass is 9.78. The van der Waals surface area contributed by atoms with Gasteiger partial charge >= 0.3 is 0 Å². The van der Waals surface area contributed by atoms with E-state index in [0.29, 0.717) is 0 Å². The fourth-order valence-corrected chi connectivity index (χ4v) is 2.94. The van der Waals surface area contributed by atoms with E-state index in [1.807, 2.05) is 0 Å². The molecular weight excluding hydrogens is 160 g/mol. The molecule has 0 aliphatic heterocycles. The van der Waals surface area contributed by atoms with Crippen LogP contribution in [0.3, 0.4) is 0 Å². The standard InChI is InChI=1S/C12H20O/c1-3-12(2,8-13)7-9-4-10-6-11(10)5-9/h8-11H,3-7H2,1-2H3. The van der Waals surface area contributed by atoms with E-state index in [9.17, 15) is 4.79 Å². The Bertz CT molecular complexity index is 201. The number of carbonyl (C=O) groups is 1. The molecule has 0 aromatic rings. The number of hydrogen-bond acceptors (Lipinski definition) is 1. The van der Waals surface area contributed by atoms with Crippen molar-refractivity contribution in [1.82, 2.24) is 0 Å². The van der Waals surface area contributed by atoms with E-state index in [4.69, 9.17) is 0 Å². The minimum absolute atomic E-state index is 0.0263. The van der Waals surface area contributed by atoms with Gasteiger partial charge in [0.25, 0.3) is 0 Å². The van der Waals surface area contributed by atoms with Crippen LogP contribution in [0.2, 0.25) is 0 Å². The number of rotatable bonds is 4. The van der Waals surface area contributed by atoms with E-state index in [1.54, 1.807) is 0 Å². The molecule has 2 aliphatic carbocycles. The van der Waals surface area contributed by atoms with Gasteiger partial charge in [-0.3, -0.25) is 0 Å². The molecule has 3 atom stereocenters.